The number of carbonyl (C=O) groups excluding carboxylic acids is 2. The number of thiazole rings is 1. The number of fused-ring (bicyclic) bond motifs is 2. The molecule has 1 aliphatic rings. The second-order valence-corrected chi connectivity index (χ2v) is 9.57. The van der Waals surface area contributed by atoms with Crippen LogP contribution in [0, 0.1) is 0 Å². The van der Waals surface area contributed by atoms with E-state index in [4.69, 9.17) is 0 Å². The van der Waals surface area contributed by atoms with Gasteiger partial charge in [0.25, 0.3) is 0 Å². The number of para-hydroxylation sites is 1. The number of Topliss-reactive ketones (excluding diaryl/α,β-unsaturated/α-hetero) is 1. The van der Waals surface area contributed by atoms with Crippen molar-refractivity contribution in [3.05, 3.63) is 64.3 Å². The molecule has 3 aromatic rings. The van der Waals surface area contributed by atoms with Gasteiger partial charge in [-0.1, -0.05) is 18.2 Å². The number of anilines is 1. The molecular weight excluding hydrogens is 410 g/mol. The third-order valence-electron chi connectivity index (χ3n) is 4.45. The van der Waals surface area contributed by atoms with E-state index in [1.54, 1.807) is 36.4 Å². The number of rotatable bonds is 4. The zero-order valence-corrected chi connectivity index (χ0v) is 17.3. The van der Waals surface area contributed by atoms with Crippen LogP contribution in [0.15, 0.2) is 48.2 Å². The van der Waals surface area contributed by atoms with Gasteiger partial charge in [-0.3, -0.25) is 14.5 Å². The number of amides is 1. The molecule has 0 spiro atoms. The zero-order valence-electron chi connectivity index (χ0n) is 15.7. The van der Waals surface area contributed by atoms with Gasteiger partial charge in [0.2, 0.25) is 21.7 Å². The van der Waals surface area contributed by atoms with E-state index in [0.717, 1.165) is 16.5 Å². The summed E-state index contributed by atoms with van der Waals surface area (Å²) in [7, 11) is -3.28. The average molecular weight is 428 g/mol. The van der Waals surface area contributed by atoms with Crippen LogP contribution in [0.2, 0.25) is 0 Å². The summed E-state index contributed by atoms with van der Waals surface area (Å²) in [6.45, 7) is 1.59. The number of allylic oxidation sites excluding steroid dienone is 1. The van der Waals surface area contributed by atoms with Crippen molar-refractivity contribution in [3.8, 4) is 0 Å². The van der Waals surface area contributed by atoms with Gasteiger partial charge in [-0.2, -0.15) is 0 Å². The maximum absolute atomic E-state index is 12.8. The topological polar surface area (TPSA) is 96.4 Å². The number of aromatic nitrogens is 1. The molecule has 9 heteroatoms. The maximum atomic E-state index is 12.8. The summed E-state index contributed by atoms with van der Waals surface area (Å²) < 4.78 is 25.9. The molecule has 1 aromatic heterocycles. The third kappa shape index (κ3) is 3.84. The van der Waals surface area contributed by atoms with E-state index in [2.05, 4.69) is 9.71 Å². The van der Waals surface area contributed by atoms with Crippen molar-refractivity contribution in [2.24, 2.45) is 0 Å². The van der Waals surface area contributed by atoms with E-state index in [9.17, 15) is 18.0 Å². The van der Waals surface area contributed by atoms with E-state index in [0.29, 0.717) is 21.8 Å². The standard InChI is InChI=1S/C20H17N3O4S2/c1-12(24)23-16-6-4-3-5-14(16)20(25)17(23)10-19-22-15-9-13(7-8-18(15)28-19)11-21-29(2,26)27/h3-10,21H,11H2,1-2H3/b17-10+. The monoisotopic (exact) mass is 427 g/mol. The summed E-state index contributed by atoms with van der Waals surface area (Å²) in [4.78, 5) is 31.0. The summed E-state index contributed by atoms with van der Waals surface area (Å²) in [5, 5.41) is 0.593. The molecule has 0 aliphatic carbocycles. The Kier molecular flexibility index (Phi) is 4.81. The lowest BCUT2D eigenvalue weighted by Gasteiger charge is -2.15. The second-order valence-electron chi connectivity index (χ2n) is 6.68. The van der Waals surface area contributed by atoms with Gasteiger partial charge in [0.05, 0.1) is 27.9 Å². The molecule has 1 aliphatic heterocycles. The minimum atomic E-state index is -3.28. The van der Waals surface area contributed by atoms with Crippen LogP contribution in [0.3, 0.4) is 0 Å². The molecule has 0 fully saturated rings. The number of hydrogen-bond acceptors (Lipinski definition) is 6. The normalized spacial score (nSPS) is 15.3. The van der Waals surface area contributed by atoms with Crippen molar-refractivity contribution >= 4 is 55.0 Å². The fourth-order valence-corrected chi connectivity index (χ4v) is 4.51. The van der Waals surface area contributed by atoms with Crippen molar-refractivity contribution < 1.29 is 18.0 Å². The summed E-state index contributed by atoms with van der Waals surface area (Å²) in [5.74, 6) is -0.460. The number of hydrogen-bond donors (Lipinski definition) is 1. The molecule has 4 rings (SSSR count). The Morgan fingerprint density at radius 1 is 1.24 bits per heavy atom. The highest BCUT2D eigenvalue weighted by molar-refractivity contribution is 7.88. The van der Waals surface area contributed by atoms with Crippen LogP contribution in [0.4, 0.5) is 5.69 Å². The quantitative estimate of drug-likeness (QED) is 0.646. The van der Waals surface area contributed by atoms with Crippen molar-refractivity contribution in [1.29, 1.82) is 0 Å². The van der Waals surface area contributed by atoms with Gasteiger partial charge >= 0.3 is 0 Å². The van der Waals surface area contributed by atoms with Crippen LogP contribution >= 0.6 is 11.3 Å². The highest BCUT2D eigenvalue weighted by Crippen LogP contribution is 2.36. The Morgan fingerprint density at radius 3 is 2.72 bits per heavy atom. The van der Waals surface area contributed by atoms with E-state index < -0.39 is 10.0 Å². The van der Waals surface area contributed by atoms with Gasteiger partial charge in [0, 0.05) is 25.1 Å². The molecule has 148 valence electrons. The van der Waals surface area contributed by atoms with Crippen LogP contribution in [-0.4, -0.2) is 31.3 Å². The minimum absolute atomic E-state index is 0.175. The Labute approximate surface area is 171 Å². The summed E-state index contributed by atoms with van der Waals surface area (Å²) in [5.41, 5.74) is 2.82. The van der Waals surface area contributed by atoms with Crippen molar-refractivity contribution in [2.45, 2.75) is 13.5 Å². The summed E-state index contributed by atoms with van der Waals surface area (Å²) in [6, 6.07) is 12.5. The van der Waals surface area contributed by atoms with Crippen molar-refractivity contribution in [3.63, 3.8) is 0 Å². The molecule has 0 radical (unpaired) electrons. The molecule has 0 bridgehead atoms. The van der Waals surface area contributed by atoms with E-state index in [1.165, 1.54) is 23.2 Å². The molecule has 29 heavy (non-hydrogen) atoms. The lowest BCUT2D eigenvalue weighted by molar-refractivity contribution is -0.116. The SMILES string of the molecule is CC(=O)N1/C(=C/c2nc3cc(CNS(C)(=O)=O)ccc3s2)C(=O)c2ccccc21. The lowest BCUT2D eigenvalue weighted by Crippen LogP contribution is -2.25. The number of ketones is 1. The molecule has 1 N–H and O–H groups in total. The van der Waals surface area contributed by atoms with Crippen molar-refractivity contribution in [2.75, 3.05) is 11.2 Å². The highest BCUT2D eigenvalue weighted by Gasteiger charge is 2.34. The molecule has 7 nitrogen and oxygen atoms in total. The fraction of sp³-hybridized carbons (Fsp3) is 0.150. The summed E-state index contributed by atoms with van der Waals surface area (Å²) >= 11 is 1.39. The first-order valence-corrected chi connectivity index (χ1v) is 11.4. The van der Waals surface area contributed by atoms with Crippen LogP contribution in [0.1, 0.15) is 27.9 Å². The number of carbonyl (C=O) groups is 2. The van der Waals surface area contributed by atoms with Gasteiger partial charge in [0.1, 0.15) is 5.01 Å². The molecule has 0 atom stereocenters. The first-order chi connectivity index (χ1) is 13.7. The molecular formula is C20H17N3O4S2. The van der Waals surface area contributed by atoms with Crippen LogP contribution in [0.5, 0.6) is 0 Å². The van der Waals surface area contributed by atoms with E-state index in [1.807, 2.05) is 12.1 Å². The van der Waals surface area contributed by atoms with Gasteiger partial charge in [-0.05, 0) is 29.8 Å². The van der Waals surface area contributed by atoms with Crippen LogP contribution in [-0.2, 0) is 21.4 Å². The van der Waals surface area contributed by atoms with Gasteiger partial charge in [-0.25, -0.2) is 18.1 Å². The maximum Gasteiger partial charge on any atom is 0.228 e. The zero-order chi connectivity index (χ0) is 20.8. The van der Waals surface area contributed by atoms with Crippen LogP contribution in [0.25, 0.3) is 16.3 Å². The molecule has 0 saturated heterocycles. The molecule has 2 aromatic carbocycles. The van der Waals surface area contributed by atoms with Crippen molar-refractivity contribution in [1.82, 2.24) is 9.71 Å². The predicted molar refractivity (Wildman–Crippen MR) is 113 cm³/mol. The second kappa shape index (κ2) is 7.18. The molecule has 2 heterocycles. The molecule has 0 unspecified atom stereocenters. The van der Waals surface area contributed by atoms with Gasteiger partial charge in [-0.15, -0.1) is 11.3 Å². The number of nitrogens with one attached hydrogen (secondary N) is 1. The third-order valence-corrected chi connectivity index (χ3v) is 6.10. The fourth-order valence-electron chi connectivity index (χ4n) is 3.19. The van der Waals surface area contributed by atoms with Gasteiger partial charge in [0.15, 0.2) is 0 Å². The van der Waals surface area contributed by atoms with E-state index in [-0.39, 0.29) is 23.9 Å². The Hall–Kier alpha value is -2.88. The Bertz CT molecular complexity index is 1290. The van der Waals surface area contributed by atoms with E-state index >= 15 is 0 Å². The number of nitrogens with zero attached hydrogens (tertiary/aromatic N) is 2. The first-order valence-electron chi connectivity index (χ1n) is 8.73. The first kappa shape index (κ1) is 19.4. The lowest BCUT2D eigenvalue weighted by atomic mass is 10.1. The Morgan fingerprint density at radius 2 is 2.00 bits per heavy atom. The largest absolute Gasteiger partial charge is 0.287 e. The smallest absolute Gasteiger partial charge is 0.228 e. The molecule has 1 amide bonds. The number of sulfonamides is 1. The summed E-state index contributed by atoms with van der Waals surface area (Å²) in [6.07, 6.45) is 2.74. The highest BCUT2D eigenvalue weighted by atomic mass is 32.2. The minimum Gasteiger partial charge on any atom is -0.287 e. The predicted octanol–water partition coefficient (Wildman–Crippen LogP) is 2.94. The average Bonchev–Trinajstić information content (AvgIpc) is 3.18. The molecule has 0 saturated carbocycles. The Balaban J connectivity index is 1.70. The van der Waals surface area contributed by atoms with Crippen LogP contribution < -0.4 is 9.62 Å². The number of benzene rings is 2. The van der Waals surface area contributed by atoms with Gasteiger partial charge < -0.3 is 0 Å².